The van der Waals surface area contributed by atoms with Crippen LogP contribution < -0.4 is 11.1 Å². The lowest BCUT2D eigenvalue weighted by Gasteiger charge is -2.35. The summed E-state index contributed by atoms with van der Waals surface area (Å²) in [4.78, 5) is 63.0. The van der Waals surface area contributed by atoms with Gasteiger partial charge in [-0.25, -0.2) is 4.79 Å². The summed E-state index contributed by atoms with van der Waals surface area (Å²) in [6, 6.07) is 5.88. The summed E-state index contributed by atoms with van der Waals surface area (Å²) in [5, 5.41) is 12.1. The summed E-state index contributed by atoms with van der Waals surface area (Å²) in [5.41, 5.74) is 6.82. The molecule has 0 aromatic heterocycles. The predicted octanol–water partition coefficient (Wildman–Crippen LogP) is 0.636. The Bertz CT molecular complexity index is 952. The Morgan fingerprint density at radius 2 is 1.78 bits per heavy atom. The van der Waals surface area contributed by atoms with Crippen molar-refractivity contribution in [2.45, 2.75) is 77.3 Å². The minimum absolute atomic E-state index is 0.109. The second kappa shape index (κ2) is 13.0. The van der Waals surface area contributed by atoms with Gasteiger partial charge in [-0.3, -0.25) is 19.2 Å². The van der Waals surface area contributed by atoms with Crippen molar-refractivity contribution in [2.24, 2.45) is 11.7 Å². The van der Waals surface area contributed by atoms with Crippen LogP contribution in [0.4, 0.5) is 0 Å². The molecule has 1 fully saturated rings. The predicted molar refractivity (Wildman–Crippen MR) is 128 cm³/mol. The quantitative estimate of drug-likeness (QED) is 0.366. The third-order valence-corrected chi connectivity index (χ3v) is 5.97. The summed E-state index contributed by atoms with van der Waals surface area (Å²) in [5.74, 6) is -3.90. The summed E-state index contributed by atoms with van der Waals surface area (Å²) in [7, 11) is 0. The average Bonchev–Trinajstić information content (AvgIpc) is 3.19. The van der Waals surface area contributed by atoms with Gasteiger partial charge in [0.1, 0.15) is 24.3 Å². The average molecular weight is 506 g/mol. The highest BCUT2D eigenvalue weighted by molar-refractivity contribution is 5.85. The first-order valence-corrected chi connectivity index (χ1v) is 11.9. The van der Waals surface area contributed by atoms with Gasteiger partial charge in [0.05, 0.1) is 12.5 Å². The van der Waals surface area contributed by atoms with E-state index in [0.29, 0.717) is 0 Å². The summed E-state index contributed by atoms with van der Waals surface area (Å²) in [6.45, 7) is 6.14. The number of benzene rings is 1. The molecule has 11 nitrogen and oxygen atoms in total. The van der Waals surface area contributed by atoms with E-state index in [1.54, 1.807) is 44.2 Å². The molecule has 11 heteroatoms. The van der Waals surface area contributed by atoms with E-state index in [1.807, 2.05) is 0 Å². The van der Waals surface area contributed by atoms with Crippen LogP contribution in [0.3, 0.4) is 0 Å². The maximum Gasteiger partial charge on any atom is 0.329 e. The molecule has 198 valence electrons. The van der Waals surface area contributed by atoms with E-state index in [1.165, 1.54) is 18.7 Å². The number of carboxylic acid groups (broad SMARTS) is 1. The molecule has 1 aliphatic heterocycles. The molecule has 0 unspecified atom stereocenters. The molecule has 36 heavy (non-hydrogen) atoms. The van der Waals surface area contributed by atoms with Crippen molar-refractivity contribution < 1.29 is 38.6 Å². The number of nitrogens with two attached hydrogens (primary N) is 1. The Hall–Kier alpha value is -3.47. The molecule has 1 aromatic rings. The number of carbonyl (C=O) groups is 5. The first kappa shape index (κ1) is 28.8. The monoisotopic (exact) mass is 505 g/mol. The number of ether oxygens (including phenoxy) is 2. The maximum absolute atomic E-state index is 13.2. The number of nitrogens with zero attached hydrogens (tertiary/aromatic N) is 1. The molecule has 1 aromatic carbocycles. The summed E-state index contributed by atoms with van der Waals surface area (Å²) < 4.78 is 11.0. The first-order chi connectivity index (χ1) is 16.9. The number of nitrogens with one attached hydrogen (secondary N) is 1. The van der Waals surface area contributed by atoms with E-state index >= 15 is 0 Å². The van der Waals surface area contributed by atoms with Crippen molar-refractivity contribution in [3.8, 4) is 0 Å². The zero-order chi connectivity index (χ0) is 27.0. The van der Waals surface area contributed by atoms with Gasteiger partial charge in [-0.1, -0.05) is 44.2 Å². The largest absolute Gasteiger partial charge is 0.481 e. The SMILES string of the molecule is CC(=O)N[C@@H](Cc1ccccc1)C(=O)O[C@@H](CC(=O)O)[C@@H]1[C@H](OC(C)=O)CCN1C(=O)[C@@H](N)C(C)C. The van der Waals surface area contributed by atoms with Gasteiger partial charge in [0.15, 0.2) is 0 Å². The van der Waals surface area contributed by atoms with Gasteiger partial charge in [-0.2, -0.15) is 0 Å². The second-order valence-electron chi connectivity index (χ2n) is 9.24. The van der Waals surface area contributed by atoms with Crippen molar-refractivity contribution in [1.82, 2.24) is 10.2 Å². The molecule has 0 saturated carbocycles. The van der Waals surface area contributed by atoms with Crippen molar-refractivity contribution in [1.29, 1.82) is 0 Å². The van der Waals surface area contributed by atoms with Crippen molar-refractivity contribution in [2.75, 3.05) is 6.54 Å². The summed E-state index contributed by atoms with van der Waals surface area (Å²) in [6.07, 6.45) is -2.55. The second-order valence-corrected chi connectivity index (χ2v) is 9.24. The number of hydrogen-bond donors (Lipinski definition) is 3. The molecule has 0 aliphatic carbocycles. The van der Waals surface area contributed by atoms with E-state index in [9.17, 15) is 29.1 Å². The number of amides is 2. The number of rotatable bonds is 11. The molecule has 0 spiro atoms. The molecule has 1 saturated heterocycles. The number of esters is 2. The lowest BCUT2D eigenvalue weighted by Crippen LogP contribution is -2.56. The van der Waals surface area contributed by atoms with Crippen molar-refractivity contribution in [3.05, 3.63) is 35.9 Å². The number of carboxylic acids is 1. The molecule has 1 heterocycles. The summed E-state index contributed by atoms with van der Waals surface area (Å²) >= 11 is 0. The van der Waals surface area contributed by atoms with Crippen LogP contribution in [-0.4, -0.2) is 76.6 Å². The molecule has 5 atom stereocenters. The highest BCUT2D eigenvalue weighted by Crippen LogP contribution is 2.29. The molecular formula is C25H35N3O8. The molecular weight excluding hydrogens is 470 g/mol. The van der Waals surface area contributed by atoms with Crippen molar-refractivity contribution >= 4 is 29.7 Å². The van der Waals surface area contributed by atoms with Gasteiger partial charge < -0.3 is 30.5 Å². The molecule has 0 radical (unpaired) electrons. The van der Waals surface area contributed by atoms with Gasteiger partial charge >= 0.3 is 17.9 Å². The van der Waals surface area contributed by atoms with Gasteiger partial charge in [0.2, 0.25) is 11.8 Å². The zero-order valence-corrected chi connectivity index (χ0v) is 21.0. The number of likely N-dealkylation sites (tertiary alicyclic amines) is 1. The Morgan fingerprint density at radius 3 is 2.31 bits per heavy atom. The third-order valence-electron chi connectivity index (χ3n) is 5.97. The molecule has 2 rings (SSSR count). The fourth-order valence-electron chi connectivity index (χ4n) is 4.23. The van der Waals surface area contributed by atoms with E-state index in [-0.39, 0.29) is 25.3 Å². The first-order valence-electron chi connectivity index (χ1n) is 11.9. The maximum atomic E-state index is 13.2. The van der Waals surface area contributed by atoms with Crippen LogP contribution in [0.25, 0.3) is 0 Å². The Kier molecular flexibility index (Phi) is 10.4. The minimum Gasteiger partial charge on any atom is -0.481 e. The van der Waals surface area contributed by atoms with Crippen LogP contribution in [0.2, 0.25) is 0 Å². The van der Waals surface area contributed by atoms with Gasteiger partial charge in [-0.15, -0.1) is 0 Å². The van der Waals surface area contributed by atoms with Crippen LogP contribution in [0, 0.1) is 5.92 Å². The number of hydrogen-bond acceptors (Lipinski definition) is 8. The highest BCUT2D eigenvalue weighted by atomic mass is 16.6. The molecule has 2 amide bonds. The Labute approximate surface area is 210 Å². The van der Waals surface area contributed by atoms with Crippen LogP contribution in [0.15, 0.2) is 30.3 Å². The van der Waals surface area contributed by atoms with Gasteiger partial charge in [0, 0.05) is 33.2 Å². The molecule has 1 aliphatic rings. The van der Waals surface area contributed by atoms with Gasteiger partial charge in [-0.05, 0) is 11.5 Å². The van der Waals surface area contributed by atoms with Crippen LogP contribution in [0.1, 0.15) is 46.1 Å². The van der Waals surface area contributed by atoms with Crippen LogP contribution in [-0.2, 0) is 39.9 Å². The lowest BCUT2D eigenvalue weighted by molar-refractivity contribution is -0.167. The van der Waals surface area contributed by atoms with E-state index in [0.717, 1.165) is 5.56 Å². The number of carbonyl (C=O) groups excluding carboxylic acids is 4. The van der Waals surface area contributed by atoms with Crippen LogP contribution >= 0.6 is 0 Å². The zero-order valence-electron chi connectivity index (χ0n) is 21.0. The highest BCUT2D eigenvalue weighted by Gasteiger charge is 2.47. The fourth-order valence-corrected chi connectivity index (χ4v) is 4.23. The lowest BCUT2D eigenvalue weighted by atomic mass is 9.99. The van der Waals surface area contributed by atoms with Crippen LogP contribution in [0.5, 0.6) is 0 Å². The van der Waals surface area contributed by atoms with Gasteiger partial charge in [0.25, 0.3) is 0 Å². The minimum atomic E-state index is -1.35. The fraction of sp³-hybridized carbons (Fsp3) is 0.560. The molecule has 0 bridgehead atoms. The van der Waals surface area contributed by atoms with Crippen molar-refractivity contribution in [3.63, 3.8) is 0 Å². The van der Waals surface area contributed by atoms with E-state index in [4.69, 9.17) is 15.2 Å². The van der Waals surface area contributed by atoms with E-state index in [2.05, 4.69) is 5.32 Å². The topological polar surface area (TPSA) is 165 Å². The van der Waals surface area contributed by atoms with E-state index < -0.39 is 66.5 Å². The third kappa shape index (κ3) is 8.04. The standard InChI is InChI=1S/C25H35N3O8/c1-14(2)22(26)24(33)28-11-10-19(35-16(4)30)23(28)20(13-21(31)32)36-25(34)18(27-15(3)29)12-17-8-6-5-7-9-17/h5-9,14,18-20,22-23H,10-13,26H2,1-4H3,(H,27,29)(H,31,32)/t18-,19+,20-,22-,23-/m0/s1. The Balaban J connectivity index is 2.38. The number of aliphatic carboxylic acids is 1. The Morgan fingerprint density at radius 1 is 1.14 bits per heavy atom. The normalized spacial score (nSPS) is 19.8. The smallest absolute Gasteiger partial charge is 0.329 e. The molecule has 4 N–H and O–H groups in total.